The first-order chi connectivity index (χ1) is 14.9. The van der Waals surface area contributed by atoms with Gasteiger partial charge in [-0.1, -0.05) is 95.4 Å². The molecule has 2 aromatic rings. The van der Waals surface area contributed by atoms with E-state index in [2.05, 4.69) is 6.92 Å². The third-order valence-electron chi connectivity index (χ3n) is 5.44. The average Bonchev–Trinajstić information content (AvgIpc) is 2.74. The topological polar surface area (TPSA) is 86.7 Å². The van der Waals surface area contributed by atoms with Gasteiger partial charge in [-0.25, -0.2) is 0 Å². The zero-order valence-corrected chi connectivity index (χ0v) is 22.3. The molecular formula is C25H35NaO5S. The van der Waals surface area contributed by atoms with Gasteiger partial charge in [0.2, 0.25) is 0 Å². The summed E-state index contributed by atoms with van der Waals surface area (Å²) >= 11 is 0. The van der Waals surface area contributed by atoms with Crippen molar-refractivity contribution in [2.24, 2.45) is 0 Å². The van der Waals surface area contributed by atoms with E-state index in [1.165, 1.54) is 57.1 Å². The molecule has 0 amide bonds. The fourth-order valence-electron chi connectivity index (χ4n) is 3.77. The Hall–Kier alpha value is -1.05. The summed E-state index contributed by atoms with van der Waals surface area (Å²) in [6, 6.07) is 11.3. The molecule has 5 nitrogen and oxygen atoms in total. The summed E-state index contributed by atoms with van der Waals surface area (Å²) in [7, 11) is -4.60. The van der Waals surface area contributed by atoms with Crippen molar-refractivity contribution in [1.82, 2.24) is 0 Å². The van der Waals surface area contributed by atoms with Gasteiger partial charge in [-0.05, 0) is 36.6 Å². The quantitative estimate of drug-likeness (QED) is 0.244. The van der Waals surface area contributed by atoms with Gasteiger partial charge in [0.25, 0.3) is 10.1 Å². The van der Waals surface area contributed by atoms with Crippen LogP contribution >= 0.6 is 0 Å². The van der Waals surface area contributed by atoms with Crippen LogP contribution in [0.15, 0.2) is 47.4 Å². The van der Waals surface area contributed by atoms with Crippen molar-refractivity contribution >= 4 is 10.1 Å². The summed E-state index contributed by atoms with van der Waals surface area (Å²) in [5.74, 6) is 0.0261. The number of ether oxygens (including phenoxy) is 1. The third-order valence-corrected chi connectivity index (χ3v) is 6.40. The van der Waals surface area contributed by atoms with Gasteiger partial charge >= 0.3 is 29.6 Å². The molecule has 2 rings (SSSR count). The Kier molecular flexibility index (Phi) is 14.2. The first kappa shape index (κ1) is 29.0. The van der Waals surface area contributed by atoms with Gasteiger partial charge < -0.3 is 9.84 Å². The maximum Gasteiger partial charge on any atom is 1.00 e. The SMILES string of the molecule is CCCCCCCCCCCCCc1c([O-])ccc(Oc2ccccc2)c1S(=O)(=O)O.[Na+]. The van der Waals surface area contributed by atoms with E-state index in [1.807, 2.05) is 6.07 Å². The molecule has 0 heterocycles. The molecule has 0 spiro atoms. The fraction of sp³-hybridized carbons (Fsp3) is 0.520. The number of hydrogen-bond donors (Lipinski definition) is 1. The third kappa shape index (κ3) is 10.3. The summed E-state index contributed by atoms with van der Waals surface area (Å²) < 4.78 is 39.6. The normalized spacial score (nSPS) is 11.2. The predicted molar refractivity (Wildman–Crippen MR) is 122 cm³/mol. The van der Waals surface area contributed by atoms with Crippen molar-refractivity contribution in [3.63, 3.8) is 0 Å². The van der Waals surface area contributed by atoms with Gasteiger partial charge in [0.1, 0.15) is 16.4 Å². The molecule has 172 valence electrons. The second kappa shape index (κ2) is 15.7. The molecule has 0 bridgehead atoms. The van der Waals surface area contributed by atoms with Gasteiger partial charge in [0.05, 0.1) is 0 Å². The Morgan fingerprint density at radius 1 is 0.812 bits per heavy atom. The molecule has 0 aliphatic heterocycles. The van der Waals surface area contributed by atoms with E-state index in [9.17, 15) is 18.1 Å². The van der Waals surface area contributed by atoms with Gasteiger partial charge in [0.15, 0.2) is 0 Å². The number of para-hydroxylation sites is 1. The minimum atomic E-state index is -4.60. The van der Waals surface area contributed by atoms with Crippen LogP contribution in [0, 0.1) is 0 Å². The van der Waals surface area contributed by atoms with Crippen LogP contribution in [0.25, 0.3) is 0 Å². The molecule has 2 aromatic carbocycles. The van der Waals surface area contributed by atoms with Crippen molar-refractivity contribution in [3.05, 3.63) is 48.0 Å². The smallest absolute Gasteiger partial charge is 0.872 e. The molecule has 0 atom stereocenters. The molecule has 0 unspecified atom stereocenters. The largest absolute Gasteiger partial charge is 1.00 e. The first-order valence-electron chi connectivity index (χ1n) is 11.5. The molecule has 32 heavy (non-hydrogen) atoms. The van der Waals surface area contributed by atoms with Crippen molar-refractivity contribution in [3.8, 4) is 17.2 Å². The van der Waals surface area contributed by atoms with Gasteiger partial charge in [-0.2, -0.15) is 8.42 Å². The molecule has 0 radical (unpaired) electrons. The van der Waals surface area contributed by atoms with Crippen molar-refractivity contribution in [2.45, 2.75) is 88.9 Å². The van der Waals surface area contributed by atoms with E-state index >= 15 is 0 Å². The molecule has 1 N–H and O–H groups in total. The predicted octanol–water partition coefficient (Wildman–Crippen LogP) is 3.66. The van der Waals surface area contributed by atoms with E-state index in [-0.39, 0.29) is 46.6 Å². The maximum absolute atomic E-state index is 12.4. The minimum Gasteiger partial charge on any atom is -0.872 e. The second-order valence-corrected chi connectivity index (χ2v) is 9.40. The Balaban J connectivity index is 0.00000512. The maximum atomic E-state index is 12.4. The summed E-state index contributed by atoms with van der Waals surface area (Å²) in [6.45, 7) is 2.22. The molecule has 0 saturated carbocycles. The van der Waals surface area contributed by atoms with E-state index in [0.717, 1.165) is 19.3 Å². The standard InChI is InChI=1S/C25H36O5S.Na/c1-2-3-4-5-6-7-8-9-10-11-15-18-22-23(26)19-20-24(25(22)31(27,28)29)30-21-16-13-12-14-17-21;/h12-14,16-17,19-20,26H,2-11,15,18H2,1H3,(H,27,28,29);/q;+1/p-1. The van der Waals surface area contributed by atoms with Crippen LogP contribution in [0.4, 0.5) is 0 Å². The zero-order valence-electron chi connectivity index (χ0n) is 19.5. The van der Waals surface area contributed by atoms with E-state index in [1.54, 1.807) is 24.3 Å². The zero-order chi connectivity index (χ0) is 22.5. The van der Waals surface area contributed by atoms with Crippen LogP contribution in [0.2, 0.25) is 0 Å². The van der Waals surface area contributed by atoms with Crippen LogP contribution in [0.5, 0.6) is 17.2 Å². The van der Waals surface area contributed by atoms with Crippen molar-refractivity contribution < 1.29 is 52.4 Å². The Morgan fingerprint density at radius 2 is 1.34 bits per heavy atom. The Morgan fingerprint density at radius 3 is 1.88 bits per heavy atom. The molecule has 7 heteroatoms. The second-order valence-electron chi connectivity index (χ2n) is 8.05. The molecule has 0 aliphatic carbocycles. The monoisotopic (exact) mass is 470 g/mol. The summed E-state index contributed by atoms with van der Waals surface area (Å²) in [5, 5.41) is 12.4. The molecule has 0 fully saturated rings. The van der Waals surface area contributed by atoms with E-state index in [0.29, 0.717) is 18.6 Å². The summed E-state index contributed by atoms with van der Waals surface area (Å²) in [6.07, 6.45) is 13.2. The Labute approximate surface area is 215 Å². The molecular weight excluding hydrogens is 435 g/mol. The van der Waals surface area contributed by atoms with Crippen LogP contribution in [0.3, 0.4) is 0 Å². The van der Waals surface area contributed by atoms with Crippen LogP contribution < -0.4 is 39.4 Å². The molecule has 0 aliphatic rings. The van der Waals surface area contributed by atoms with E-state index < -0.39 is 15.0 Å². The summed E-state index contributed by atoms with van der Waals surface area (Å²) in [5.41, 5.74) is 0.104. The number of rotatable bonds is 15. The fourth-order valence-corrected chi connectivity index (χ4v) is 4.65. The van der Waals surface area contributed by atoms with Crippen molar-refractivity contribution in [2.75, 3.05) is 0 Å². The summed E-state index contributed by atoms with van der Waals surface area (Å²) in [4.78, 5) is -0.407. The number of benzene rings is 2. The van der Waals surface area contributed by atoms with Gasteiger partial charge in [-0.15, -0.1) is 5.75 Å². The Bertz CT molecular complexity index is 885. The minimum absolute atomic E-state index is 0. The van der Waals surface area contributed by atoms with E-state index in [4.69, 9.17) is 4.74 Å². The molecule has 0 saturated heterocycles. The van der Waals surface area contributed by atoms with Gasteiger partial charge in [0, 0.05) is 0 Å². The molecule has 0 aromatic heterocycles. The number of hydrogen-bond acceptors (Lipinski definition) is 4. The average molecular weight is 471 g/mol. The van der Waals surface area contributed by atoms with Crippen LogP contribution in [-0.4, -0.2) is 13.0 Å². The first-order valence-corrected chi connectivity index (χ1v) is 12.9. The van der Waals surface area contributed by atoms with Gasteiger partial charge in [-0.3, -0.25) is 4.55 Å². The van der Waals surface area contributed by atoms with Crippen LogP contribution in [-0.2, 0) is 16.5 Å². The van der Waals surface area contributed by atoms with Crippen LogP contribution in [0.1, 0.15) is 83.1 Å². The number of unbranched alkanes of at least 4 members (excludes halogenated alkanes) is 10. The van der Waals surface area contributed by atoms with Crippen molar-refractivity contribution in [1.29, 1.82) is 0 Å².